The van der Waals surface area contributed by atoms with Gasteiger partial charge in [-0.15, -0.1) is 0 Å². The first-order chi connectivity index (χ1) is 8.82. The first-order valence-electron chi connectivity index (χ1n) is 5.74. The number of nitro groups is 1. The summed E-state index contributed by atoms with van der Waals surface area (Å²) in [5.41, 5.74) is -0.0556. The van der Waals surface area contributed by atoms with Gasteiger partial charge in [-0.05, 0) is 24.3 Å². The van der Waals surface area contributed by atoms with Crippen molar-refractivity contribution in [2.45, 2.75) is 19.8 Å². The van der Waals surface area contributed by atoms with Crippen LogP contribution in [-0.2, 0) is 0 Å². The molecule has 0 spiro atoms. The van der Waals surface area contributed by atoms with Crippen LogP contribution in [0.25, 0.3) is 0 Å². The van der Waals surface area contributed by atoms with E-state index in [4.69, 9.17) is 23.2 Å². The Morgan fingerprint density at radius 3 is 2.63 bits per heavy atom. The number of amides is 1. The van der Waals surface area contributed by atoms with Crippen LogP contribution >= 0.6 is 23.2 Å². The van der Waals surface area contributed by atoms with Crippen LogP contribution in [0, 0.1) is 15.5 Å². The molecule has 1 aromatic carbocycles. The van der Waals surface area contributed by atoms with E-state index in [1.165, 1.54) is 6.07 Å². The highest BCUT2D eigenvalue weighted by atomic mass is 35.5. The molecule has 1 aliphatic rings. The molecular weight excluding hydrogens is 291 g/mol. The molecule has 5 nitrogen and oxygen atoms in total. The van der Waals surface area contributed by atoms with Crippen LogP contribution in [0.15, 0.2) is 12.1 Å². The fourth-order valence-electron chi connectivity index (χ4n) is 1.62. The zero-order chi connectivity index (χ0) is 14.2. The minimum Gasteiger partial charge on any atom is -0.351 e. The predicted molar refractivity (Wildman–Crippen MR) is 72.8 cm³/mol. The van der Waals surface area contributed by atoms with Crippen molar-refractivity contribution >= 4 is 34.8 Å². The molecule has 0 heterocycles. The Labute approximate surface area is 120 Å². The zero-order valence-electron chi connectivity index (χ0n) is 10.2. The molecule has 1 aromatic rings. The molecule has 2 rings (SSSR count). The van der Waals surface area contributed by atoms with Gasteiger partial charge in [0.15, 0.2) is 0 Å². The van der Waals surface area contributed by atoms with Crippen molar-refractivity contribution in [2.24, 2.45) is 5.41 Å². The Balaban J connectivity index is 2.19. The maximum Gasteiger partial charge on any atom is 0.290 e. The number of nitrogens with one attached hydrogen (secondary N) is 1. The van der Waals surface area contributed by atoms with Gasteiger partial charge in [0.05, 0.1) is 9.95 Å². The molecule has 1 aliphatic carbocycles. The number of halogens is 2. The smallest absolute Gasteiger partial charge is 0.290 e. The van der Waals surface area contributed by atoms with Crippen LogP contribution < -0.4 is 5.32 Å². The van der Waals surface area contributed by atoms with Gasteiger partial charge >= 0.3 is 0 Å². The van der Waals surface area contributed by atoms with E-state index in [2.05, 4.69) is 12.2 Å². The molecule has 0 atom stereocenters. The van der Waals surface area contributed by atoms with Gasteiger partial charge in [0.25, 0.3) is 11.6 Å². The molecule has 0 saturated heterocycles. The summed E-state index contributed by atoms with van der Waals surface area (Å²) >= 11 is 11.5. The molecule has 102 valence electrons. The van der Waals surface area contributed by atoms with Crippen LogP contribution in [-0.4, -0.2) is 17.4 Å². The molecular formula is C12H12Cl2N2O3. The lowest BCUT2D eigenvalue weighted by molar-refractivity contribution is -0.384. The highest BCUT2D eigenvalue weighted by Gasteiger charge is 2.37. The number of hydrogen-bond donors (Lipinski definition) is 1. The second-order valence-electron chi connectivity index (χ2n) is 5.04. The van der Waals surface area contributed by atoms with Crippen molar-refractivity contribution in [3.05, 3.63) is 37.9 Å². The van der Waals surface area contributed by atoms with Crippen LogP contribution in [0.2, 0.25) is 10.0 Å². The summed E-state index contributed by atoms with van der Waals surface area (Å²) in [7, 11) is 0. The van der Waals surface area contributed by atoms with E-state index in [9.17, 15) is 14.9 Å². The zero-order valence-corrected chi connectivity index (χ0v) is 11.7. The molecule has 1 amide bonds. The molecule has 0 aliphatic heterocycles. The number of nitro benzene ring substituents is 1. The molecule has 0 unspecified atom stereocenters. The van der Waals surface area contributed by atoms with Gasteiger partial charge in [0, 0.05) is 18.2 Å². The summed E-state index contributed by atoms with van der Waals surface area (Å²) in [5.74, 6) is -0.380. The van der Waals surface area contributed by atoms with Crippen LogP contribution in [0.3, 0.4) is 0 Å². The average molecular weight is 303 g/mol. The van der Waals surface area contributed by atoms with Gasteiger partial charge in [-0.25, -0.2) is 0 Å². The van der Waals surface area contributed by atoms with E-state index in [-0.39, 0.29) is 32.6 Å². The summed E-state index contributed by atoms with van der Waals surface area (Å²) in [5, 5.41) is 13.4. The quantitative estimate of drug-likeness (QED) is 0.684. The highest BCUT2D eigenvalue weighted by molar-refractivity contribution is 6.43. The number of carbonyl (C=O) groups is 1. The van der Waals surface area contributed by atoms with Crippen LogP contribution in [0.4, 0.5) is 5.69 Å². The molecule has 7 heteroatoms. The van der Waals surface area contributed by atoms with E-state index >= 15 is 0 Å². The Kier molecular flexibility index (Phi) is 3.69. The molecule has 1 saturated carbocycles. The fraction of sp³-hybridized carbons (Fsp3) is 0.417. The third kappa shape index (κ3) is 3.16. The minimum atomic E-state index is -0.660. The van der Waals surface area contributed by atoms with Crippen molar-refractivity contribution in [2.75, 3.05) is 6.54 Å². The van der Waals surface area contributed by atoms with Gasteiger partial charge in [-0.1, -0.05) is 30.1 Å². The monoisotopic (exact) mass is 302 g/mol. The fourth-order valence-corrected chi connectivity index (χ4v) is 2.02. The van der Waals surface area contributed by atoms with E-state index < -0.39 is 4.92 Å². The normalized spacial score (nSPS) is 15.9. The number of rotatable bonds is 4. The Morgan fingerprint density at radius 1 is 1.47 bits per heavy atom. The van der Waals surface area contributed by atoms with Gasteiger partial charge in [0.2, 0.25) is 0 Å². The molecule has 0 bridgehead atoms. The summed E-state index contributed by atoms with van der Waals surface area (Å²) in [4.78, 5) is 22.1. The Morgan fingerprint density at radius 2 is 2.11 bits per heavy atom. The maximum absolute atomic E-state index is 11.9. The van der Waals surface area contributed by atoms with Gasteiger partial charge in [0.1, 0.15) is 5.02 Å². The summed E-state index contributed by atoms with van der Waals surface area (Å²) in [6.07, 6.45) is 2.16. The van der Waals surface area contributed by atoms with E-state index in [1.807, 2.05) is 0 Å². The third-order valence-electron chi connectivity index (χ3n) is 3.25. The standard InChI is InChI=1S/C12H12Cl2N2O3/c1-12(2-3-12)6-15-11(17)7-4-8(13)10(14)9(5-7)16(18)19/h4-5H,2-3,6H2,1H3,(H,15,17). The number of benzene rings is 1. The lowest BCUT2D eigenvalue weighted by Crippen LogP contribution is -2.29. The van der Waals surface area contributed by atoms with Crippen LogP contribution in [0.5, 0.6) is 0 Å². The first kappa shape index (κ1) is 14.1. The number of carbonyl (C=O) groups excluding carboxylic acids is 1. The SMILES string of the molecule is CC1(CNC(=O)c2cc(Cl)c(Cl)c([N+](=O)[O-])c2)CC1. The number of nitrogens with zero attached hydrogens (tertiary/aromatic N) is 1. The van der Waals surface area contributed by atoms with Gasteiger partial charge in [-0.2, -0.15) is 0 Å². The third-order valence-corrected chi connectivity index (χ3v) is 4.04. The summed E-state index contributed by atoms with van der Waals surface area (Å²) in [6, 6.07) is 2.47. The molecule has 1 N–H and O–H groups in total. The van der Waals surface area contributed by atoms with Crippen molar-refractivity contribution in [1.82, 2.24) is 5.32 Å². The average Bonchev–Trinajstić information content (AvgIpc) is 3.08. The second kappa shape index (κ2) is 4.98. The second-order valence-corrected chi connectivity index (χ2v) is 5.83. The van der Waals surface area contributed by atoms with E-state index in [1.54, 1.807) is 0 Å². The Hall–Kier alpha value is -1.33. The lowest BCUT2D eigenvalue weighted by Gasteiger charge is -2.10. The van der Waals surface area contributed by atoms with Crippen LogP contribution in [0.1, 0.15) is 30.1 Å². The lowest BCUT2D eigenvalue weighted by atomic mass is 10.1. The summed E-state index contributed by atoms with van der Waals surface area (Å²) in [6.45, 7) is 2.63. The molecule has 19 heavy (non-hydrogen) atoms. The topological polar surface area (TPSA) is 72.2 Å². The maximum atomic E-state index is 11.9. The van der Waals surface area contributed by atoms with Crippen molar-refractivity contribution in [1.29, 1.82) is 0 Å². The first-order valence-corrected chi connectivity index (χ1v) is 6.50. The minimum absolute atomic E-state index is 0.00125. The van der Waals surface area contributed by atoms with E-state index in [0.717, 1.165) is 18.9 Å². The summed E-state index contributed by atoms with van der Waals surface area (Å²) < 4.78 is 0. The largest absolute Gasteiger partial charge is 0.351 e. The van der Waals surface area contributed by atoms with Gasteiger partial charge < -0.3 is 5.32 Å². The van der Waals surface area contributed by atoms with Crippen molar-refractivity contribution in [3.63, 3.8) is 0 Å². The number of hydrogen-bond acceptors (Lipinski definition) is 3. The van der Waals surface area contributed by atoms with Gasteiger partial charge in [-0.3, -0.25) is 14.9 Å². The van der Waals surface area contributed by atoms with Crippen molar-refractivity contribution < 1.29 is 9.72 Å². The van der Waals surface area contributed by atoms with Crippen molar-refractivity contribution in [3.8, 4) is 0 Å². The molecule has 0 radical (unpaired) electrons. The Bertz CT molecular complexity index is 556. The molecule has 1 fully saturated rings. The highest BCUT2D eigenvalue weighted by Crippen LogP contribution is 2.44. The van der Waals surface area contributed by atoms with E-state index in [0.29, 0.717) is 6.54 Å². The predicted octanol–water partition coefficient (Wildman–Crippen LogP) is 3.43. The molecule has 0 aromatic heterocycles.